The minimum Gasteiger partial charge on any atom is -0.373 e. The number of aryl methyl sites for hydroxylation is 1. The van der Waals surface area contributed by atoms with E-state index in [0.717, 1.165) is 19.4 Å². The van der Waals surface area contributed by atoms with Gasteiger partial charge in [-0.3, -0.25) is 0 Å². The fraction of sp³-hybridized carbons (Fsp3) is 0.520. The van der Waals surface area contributed by atoms with Gasteiger partial charge in [0.15, 0.2) is 0 Å². The van der Waals surface area contributed by atoms with Crippen LogP contribution in [0.4, 0.5) is 0 Å². The van der Waals surface area contributed by atoms with Gasteiger partial charge in [-0.15, -0.1) is 0 Å². The molecular weight excluding hydrogens is 332 g/mol. The first-order chi connectivity index (χ1) is 13.3. The SMILES string of the molecule is CCCCCC[C@@H]1CO[C@@H](c2ccc(-c3ccc(CCC)cc3)cc2)CO1. The maximum absolute atomic E-state index is 6.10. The maximum Gasteiger partial charge on any atom is 0.106 e. The van der Waals surface area contributed by atoms with Crippen molar-refractivity contribution in [3.63, 3.8) is 0 Å². The highest BCUT2D eigenvalue weighted by molar-refractivity contribution is 5.64. The van der Waals surface area contributed by atoms with Gasteiger partial charge in [-0.25, -0.2) is 0 Å². The molecule has 2 aromatic carbocycles. The third-order valence-electron chi connectivity index (χ3n) is 5.45. The largest absolute Gasteiger partial charge is 0.373 e. The molecule has 1 aliphatic heterocycles. The molecule has 27 heavy (non-hydrogen) atoms. The van der Waals surface area contributed by atoms with Crippen molar-refractivity contribution in [2.75, 3.05) is 13.2 Å². The summed E-state index contributed by atoms with van der Waals surface area (Å²) in [6.07, 6.45) is 8.97. The summed E-state index contributed by atoms with van der Waals surface area (Å²) < 4.78 is 12.1. The summed E-state index contributed by atoms with van der Waals surface area (Å²) in [6.45, 7) is 5.86. The van der Waals surface area contributed by atoms with Gasteiger partial charge >= 0.3 is 0 Å². The van der Waals surface area contributed by atoms with Crippen LogP contribution in [0.5, 0.6) is 0 Å². The third kappa shape index (κ3) is 5.92. The first-order valence-corrected chi connectivity index (χ1v) is 10.7. The van der Waals surface area contributed by atoms with E-state index in [1.54, 1.807) is 0 Å². The van der Waals surface area contributed by atoms with Gasteiger partial charge in [0.05, 0.1) is 19.3 Å². The molecule has 0 aliphatic carbocycles. The lowest BCUT2D eigenvalue weighted by Gasteiger charge is -2.30. The van der Waals surface area contributed by atoms with Crippen molar-refractivity contribution in [2.45, 2.75) is 71.0 Å². The molecule has 3 rings (SSSR count). The Morgan fingerprint density at radius 2 is 1.44 bits per heavy atom. The molecule has 1 aliphatic rings. The number of benzene rings is 2. The van der Waals surface area contributed by atoms with Gasteiger partial charge in [0.25, 0.3) is 0 Å². The van der Waals surface area contributed by atoms with Crippen molar-refractivity contribution >= 4 is 0 Å². The molecule has 0 saturated carbocycles. The van der Waals surface area contributed by atoms with E-state index >= 15 is 0 Å². The Hall–Kier alpha value is -1.64. The molecule has 2 aromatic rings. The molecule has 0 N–H and O–H groups in total. The Morgan fingerprint density at radius 3 is 2.04 bits per heavy atom. The van der Waals surface area contributed by atoms with E-state index in [9.17, 15) is 0 Å². The zero-order valence-electron chi connectivity index (χ0n) is 17.0. The second-order valence-electron chi connectivity index (χ2n) is 7.70. The molecule has 1 saturated heterocycles. The number of ether oxygens (including phenoxy) is 2. The van der Waals surface area contributed by atoms with E-state index in [1.807, 2.05) is 0 Å². The summed E-state index contributed by atoms with van der Waals surface area (Å²) in [5.41, 5.74) is 5.15. The van der Waals surface area contributed by atoms with Crippen LogP contribution in [0, 0.1) is 0 Å². The van der Waals surface area contributed by atoms with Gasteiger partial charge in [-0.2, -0.15) is 0 Å². The van der Waals surface area contributed by atoms with Crippen LogP contribution >= 0.6 is 0 Å². The van der Waals surface area contributed by atoms with E-state index in [4.69, 9.17) is 9.47 Å². The van der Waals surface area contributed by atoms with Gasteiger partial charge < -0.3 is 9.47 Å². The highest BCUT2D eigenvalue weighted by atomic mass is 16.6. The highest BCUT2D eigenvalue weighted by Crippen LogP contribution is 2.27. The smallest absolute Gasteiger partial charge is 0.106 e. The molecule has 0 amide bonds. The van der Waals surface area contributed by atoms with Gasteiger partial charge in [0, 0.05) is 0 Å². The standard InChI is InChI=1S/C25H34O2/c1-3-5-6-7-9-24-18-27-25(19-26-24)23-16-14-22(15-17-23)21-12-10-20(8-4-2)11-13-21/h10-17,24-25H,3-9,18-19H2,1-2H3/t24-,25-/m1/s1. The molecular formula is C25H34O2. The molecule has 146 valence electrons. The van der Waals surface area contributed by atoms with E-state index in [-0.39, 0.29) is 12.2 Å². The number of hydrogen-bond acceptors (Lipinski definition) is 2. The van der Waals surface area contributed by atoms with Crippen molar-refractivity contribution in [1.29, 1.82) is 0 Å². The lowest BCUT2D eigenvalue weighted by atomic mass is 9.99. The van der Waals surface area contributed by atoms with Crippen molar-refractivity contribution in [3.05, 3.63) is 59.7 Å². The Kier molecular flexibility index (Phi) is 7.92. The topological polar surface area (TPSA) is 18.5 Å². The zero-order valence-corrected chi connectivity index (χ0v) is 17.0. The minimum atomic E-state index is 0.0675. The molecule has 0 unspecified atom stereocenters. The summed E-state index contributed by atoms with van der Waals surface area (Å²) in [4.78, 5) is 0. The van der Waals surface area contributed by atoms with Crippen LogP contribution in [0.2, 0.25) is 0 Å². The van der Waals surface area contributed by atoms with Gasteiger partial charge in [0.1, 0.15) is 6.10 Å². The Balaban J connectivity index is 1.50. The molecule has 0 radical (unpaired) electrons. The number of unbranched alkanes of at least 4 members (excludes halogenated alkanes) is 3. The summed E-state index contributed by atoms with van der Waals surface area (Å²) in [5.74, 6) is 0. The molecule has 1 heterocycles. The molecule has 0 aromatic heterocycles. The summed E-state index contributed by atoms with van der Waals surface area (Å²) in [5, 5.41) is 0. The van der Waals surface area contributed by atoms with Crippen LogP contribution in [0.25, 0.3) is 11.1 Å². The third-order valence-corrected chi connectivity index (χ3v) is 5.45. The summed E-state index contributed by atoms with van der Waals surface area (Å²) in [6, 6.07) is 17.7. The van der Waals surface area contributed by atoms with Gasteiger partial charge in [-0.1, -0.05) is 94.5 Å². The monoisotopic (exact) mass is 366 g/mol. The van der Waals surface area contributed by atoms with Crippen molar-refractivity contribution < 1.29 is 9.47 Å². The normalized spacial score (nSPS) is 19.9. The molecule has 2 atom stereocenters. The Labute approximate surface area is 164 Å². The van der Waals surface area contributed by atoms with Crippen LogP contribution in [0.15, 0.2) is 48.5 Å². The fourth-order valence-corrected chi connectivity index (χ4v) is 3.74. The second kappa shape index (κ2) is 10.6. The van der Waals surface area contributed by atoms with Gasteiger partial charge in [0.2, 0.25) is 0 Å². The quantitative estimate of drug-likeness (QED) is 0.458. The average Bonchev–Trinajstić information content (AvgIpc) is 2.73. The molecule has 0 bridgehead atoms. The number of hydrogen-bond donors (Lipinski definition) is 0. The van der Waals surface area contributed by atoms with E-state index in [2.05, 4.69) is 62.4 Å². The summed E-state index contributed by atoms with van der Waals surface area (Å²) in [7, 11) is 0. The average molecular weight is 367 g/mol. The highest BCUT2D eigenvalue weighted by Gasteiger charge is 2.23. The molecule has 2 nitrogen and oxygen atoms in total. The van der Waals surface area contributed by atoms with Crippen LogP contribution in [-0.2, 0) is 15.9 Å². The lowest BCUT2D eigenvalue weighted by molar-refractivity contribution is -0.137. The Morgan fingerprint density at radius 1 is 0.741 bits per heavy atom. The summed E-state index contributed by atoms with van der Waals surface area (Å²) >= 11 is 0. The first kappa shape index (κ1) is 20.1. The predicted octanol–water partition coefficient (Wildman–Crippen LogP) is 6.73. The van der Waals surface area contributed by atoms with Crippen LogP contribution in [-0.4, -0.2) is 19.3 Å². The Bertz CT molecular complexity index is 652. The number of rotatable bonds is 9. The van der Waals surface area contributed by atoms with Crippen LogP contribution in [0.1, 0.15) is 69.6 Å². The second-order valence-corrected chi connectivity index (χ2v) is 7.70. The molecule has 2 heteroatoms. The van der Waals surface area contributed by atoms with Crippen LogP contribution in [0.3, 0.4) is 0 Å². The van der Waals surface area contributed by atoms with E-state index < -0.39 is 0 Å². The minimum absolute atomic E-state index is 0.0675. The predicted molar refractivity (Wildman–Crippen MR) is 113 cm³/mol. The molecule has 0 spiro atoms. The maximum atomic E-state index is 6.10. The first-order valence-electron chi connectivity index (χ1n) is 10.7. The molecule has 1 fully saturated rings. The van der Waals surface area contributed by atoms with Crippen LogP contribution < -0.4 is 0 Å². The van der Waals surface area contributed by atoms with E-state index in [0.29, 0.717) is 6.61 Å². The fourth-order valence-electron chi connectivity index (χ4n) is 3.74. The zero-order chi connectivity index (χ0) is 18.9. The van der Waals surface area contributed by atoms with Gasteiger partial charge in [-0.05, 0) is 35.1 Å². The van der Waals surface area contributed by atoms with E-state index in [1.165, 1.54) is 54.4 Å². The van der Waals surface area contributed by atoms with Crippen molar-refractivity contribution in [1.82, 2.24) is 0 Å². The van der Waals surface area contributed by atoms with Crippen molar-refractivity contribution in [3.8, 4) is 11.1 Å². The van der Waals surface area contributed by atoms with Crippen molar-refractivity contribution in [2.24, 2.45) is 0 Å². The lowest BCUT2D eigenvalue weighted by Crippen LogP contribution is -2.31.